The maximum absolute atomic E-state index is 12.4. The summed E-state index contributed by atoms with van der Waals surface area (Å²) in [7, 11) is 0. The highest BCUT2D eigenvalue weighted by molar-refractivity contribution is 5.81. The van der Waals surface area contributed by atoms with Gasteiger partial charge in [0.2, 0.25) is 0 Å². The third-order valence-electron chi connectivity index (χ3n) is 4.73. The molecule has 1 amide bonds. The first-order chi connectivity index (χ1) is 12.1. The first kappa shape index (κ1) is 18.0. The zero-order valence-corrected chi connectivity index (χ0v) is 15.1. The highest BCUT2D eigenvalue weighted by atomic mass is 16.5. The van der Waals surface area contributed by atoms with Crippen LogP contribution in [0.1, 0.15) is 25.3 Å². The Balaban J connectivity index is 1.52. The van der Waals surface area contributed by atoms with Crippen LogP contribution in [0.5, 0.6) is 5.75 Å². The molecule has 0 unspecified atom stereocenters. The molecule has 25 heavy (non-hydrogen) atoms. The maximum Gasteiger partial charge on any atom is 0.251 e. The maximum atomic E-state index is 12.4. The second kappa shape index (κ2) is 8.50. The second-order valence-corrected chi connectivity index (χ2v) is 6.96. The predicted molar refractivity (Wildman–Crippen MR) is 97.6 cm³/mol. The van der Waals surface area contributed by atoms with Crippen molar-refractivity contribution in [1.29, 1.82) is 0 Å². The molecule has 1 atom stereocenters. The summed E-state index contributed by atoms with van der Waals surface area (Å²) >= 11 is 0. The minimum atomic E-state index is -0.206. The molecule has 2 fully saturated rings. The van der Waals surface area contributed by atoms with Gasteiger partial charge in [0.05, 0.1) is 0 Å². The average molecular weight is 344 g/mol. The zero-order chi connectivity index (χ0) is 17.6. The summed E-state index contributed by atoms with van der Waals surface area (Å²) in [6, 6.07) is 8.16. The lowest BCUT2D eigenvalue weighted by Crippen LogP contribution is -2.51. The van der Waals surface area contributed by atoms with Gasteiger partial charge in [-0.15, -0.1) is 0 Å². The molecule has 1 aromatic rings. The predicted octanol–water partition coefficient (Wildman–Crippen LogP) is 2.46. The van der Waals surface area contributed by atoms with Gasteiger partial charge in [-0.2, -0.15) is 0 Å². The lowest BCUT2D eigenvalue weighted by atomic mass is 10.1. The summed E-state index contributed by atoms with van der Waals surface area (Å²) < 4.78 is 11.4. The highest BCUT2D eigenvalue weighted by Crippen LogP contribution is 2.22. The molecule has 2 saturated heterocycles. The summed E-state index contributed by atoms with van der Waals surface area (Å²) in [5.41, 5.74) is 2.19. The van der Waals surface area contributed by atoms with Crippen LogP contribution in [0.2, 0.25) is 0 Å². The van der Waals surface area contributed by atoms with Crippen molar-refractivity contribution in [2.45, 2.75) is 32.4 Å². The van der Waals surface area contributed by atoms with Gasteiger partial charge in [0.1, 0.15) is 18.5 Å². The van der Waals surface area contributed by atoms with Crippen LogP contribution in [0, 0.1) is 0 Å². The van der Waals surface area contributed by atoms with Crippen molar-refractivity contribution in [3.8, 4) is 5.75 Å². The molecule has 136 valence electrons. The Kier molecular flexibility index (Phi) is 6.10. The van der Waals surface area contributed by atoms with Gasteiger partial charge in [-0.3, -0.25) is 9.69 Å². The van der Waals surface area contributed by atoms with Crippen LogP contribution in [0.15, 0.2) is 36.4 Å². The van der Waals surface area contributed by atoms with E-state index in [1.807, 2.05) is 30.0 Å². The van der Waals surface area contributed by atoms with E-state index in [2.05, 4.69) is 17.5 Å². The molecule has 0 bridgehead atoms. The lowest BCUT2D eigenvalue weighted by Gasteiger charge is -2.36. The molecule has 0 spiro atoms. The molecule has 5 heteroatoms. The van der Waals surface area contributed by atoms with Crippen molar-refractivity contribution in [2.24, 2.45) is 0 Å². The molecular weight excluding hydrogens is 316 g/mol. The van der Waals surface area contributed by atoms with Crippen molar-refractivity contribution in [3.05, 3.63) is 42.0 Å². The summed E-state index contributed by atoms with van der Waals surface area (Å²) in [5, 5.41) is 0. The molecular formula is C20H28N2O3. The molecule has 5 nitrogen and oxygen atoms in total. The molecule has 0 N–H and O–H groups in total. The first-order valence-corrected chi connectivity index (χ1v) is 9.11. The fraction of sp³-hybridized carbons (Fsp3) is 0.550. The number of hydrogen-bond donors (Lipinski definition) is 0. The van der Waals surface area contributed by atoms with Gasteiger partial charge in [-0.1, -0.05) is 24.8 Å². The van der Waals surface area contributed by atoms with Crippen LogP contribution in [0.4, 0.5) is 0 Å². The van der Waals surface area contributed by atoms with Crippen LogP contribution in [0.25, 0.3) is 0 Å². The van der Waals surface area contributed by atoms with Gasteiger partial charge >= 0.3 is 0 Å². The third kappa shape index (κ3) is 4.83. The van der Waals surface area contributed by atoms with Crippen molar-refractivity contribution in [1.82, 2.24) is 9.80 Å². The first-order valence-electron chi connectivity index (χ1n) is 9.11. The van der Waals surface area contributed by atoms with Crippen LogP contribution in [-0.2, 0) is 16.1 Å². The largest absolute Gasteiger partial charge is 0.489 e. The number of nitrogens with zero attached hydrogens (tertiary/aromatic N) is 2. The summed E-state index contributed by atoms with van der Waals surface area (Å²) in [4.78, 5) is 16.8. The van der Waals surface area contributed by atoms with Crippen LogP contribution in [0.3, 0.4) is 0 Å². The minimum absolute atomic E-state index is 0.169. The molecule has 0 aromatic heterocycles. The Morgan fingerprint density at radius 3 is 2.72 bits per heavy atom. The number of carbonyl (C=O) groups is 1. The lowest BCUT2D eigenvalue weighted by molar-refractivity contribution is -0.142. The smallest absolute Gasteiger partial charge is 0.251 e. The summed E-state index contributed by atoms with van der Waals surface area (Å²) in [6.07, 6.45) is 1.66. The number of amides is 1. The van der Waals surface area contributed by atoms with Gasteiger partial charge in [-0.05, 0) is 31.4 Å². The second-order valence-electron chi connectivity index (χ2n) is 6.96. The molecule has 0 aliphatic carbocycles. The number of ether oxygens (including phenoxy) is 2. The number of para-hydroxylation sites is 1. The molecule has 3 rings (SSSR count). The van der Waals surface area contributed by atoms with E-state index < -0.39 is 0 Å². The Morgan fingerprint density at radius 1 is 1.28 bits per heavy atom. The normalized spacial score (nSPS) is 21.3. The van der Waals surface area contributed by atoms with Gasteiger partial charge in [0.25, 0.3) is 5.91 Å². The number of rotatable bonds is 6. The Bertz CT molecular complexity index is 603. The molecule has 2 aliphatic rings. The monoisotopic (exact) mass is 344 g/mol. The van der Waals surface area contributed by atoms with Gasteiger partial charge in [0, 0.05) is 44.9 Å². The molecule has 1 aromatic carbocycles. The van der Waals surface area contributed by atoms with E-state index in [1.165, 1.54) is 5.56 Å². The molecule has 2 aliphatic heterocycles. The van der Waals surface area contributed by atoms with Crippen molar-refractivity contribution in [2.75, 3.05) is 39.4 Å². The van der Waals surface area contributed by atoms with Crippen LogP contribution < -0.4 is 4.74 Å². The van der Waals surface area contributed by atoms with Gasteiger partial charge in [-0.25, -0.2) is 0 Å². The van der Waals surface area contributed by atoms with Crippen LogP contribution >= 0.6 is 0 Å². The SMILES string of the molecule is C=C(C)COc1ccccc1CN1CCN(C(=O)[C@@H]2CCCO2)CC1. The van der Waals surface area contributed by atoms with E-state index in [0.717, 1.165) is 63.5 Å². The number of benzene rings is 1. The van der Waals surface area contributed by atoms with Crippen molar-refractivity contribution < 1.29 is 14.3 Å². The number of piperazine rings is 1. The van der Waals surface area contributed by atoms with Crippen molar-refractivity contribution >= 4 is 5.91 Å². The fourth-order valence-electron chi connectivity index (χ4n) is 3.32. The van der Waals surface area contributed by atoms with Crippen LogP contribution in [-0.4, -0.2) is 61.2 Å². The van der Waals surface area contributed by atoms with E-state index in [1.54, 1.807) is 0 Å². The Morgan fingerprint density at radius 2 is 2.04 bits per heavy atom. The molecule has 2 heterocycles. The topological polar surface area (TPSA) is 42.0 Å². The molecule has 0 saturated carbocycles. The zero-order valence-electron chi connectivity index (χ0n) is 15.1. The van der Waals surface area contributed by atoms with E-state index in [9.17, 15) is 4.79 Å². The summed E-state index contributed by atoms with van der Waals surface area (Å²) in [5.74, 6) is 1.09. The standard InChI is InChI=1S/C20H28N2O3/c1-16(2)15-25-18-7-4-3-6-17(18)14-21-9-11-22(12-10-21)20(23)19-8-5-13-24-19/h3-4,6-7,19H,1,5,8-15H2,2H3/t19-/m0/s1. The average Bonchev–Trinajstić information content (AvgIpc) is 3.15. The summed E-state index contributed by atoms with van der Waals surface area (Å²) in [6.45, 7) is 11.3. The van der Waals surface area contributed by atoms with E-state index in [4.69, 9.17) is 9.47 Å². The quantitative estimate of drug-likeness (QED) is 0.744. The highest BCUT2D eigenvalue weighted by Gasteiger charge is 2.30. The Labute approximate surface area is 150 Å². The number of hydrogen-bond acceptors (Lipinski definition) is 4. The Hall–Kier alpha value is -1.85. The van der Waals surface area contributed by atoms with Crippen molar-refractivity contribution in [3.63, 3.8) is 0 Å². The van der Waals surface area contributed by atoms with Gasteiger partial charge in [0.15, 0.2) is 0 Å². The van der Waals surface area contributed by atoms with E-state index in [0.29, 0.717) is 6.61 Å². The third-order valence-corrected chi connectivity index (χ3v) is 4.73. The minimum Gasteiger partial charge on any atom is -0.489 e. The van der Waals surface area contributed by atoms with E-state index in [-0.39, 0.29) is 12.0 Å². The molecule has 0 radical (unpaired) electrons. The van der Waals surface area contributed by atoms with E-state index >= 15 is 0 Å². The van der Waals surface area contributed by atoms with Gasteiger partial charge < -0.3 is 14.4 Å². The number of carbonyl (C=O) groups excluding carboxylic acids is 1. The fourth-order valence-corrected chi connectivity index (χ4v) is 3.32.